The molecular formula is C8H12ClN3O2. The van der Waals surface area contributed by atoms with Crippen LogP contribution in [0.2, 0.25) is 0 Å². The van der Waals surface area contributed by atoms with E-state index < -0.39 is 0 Å². The number of nitrogens with zero attached hydrogens (tertiary/aromatic N) is 2. The molecule has 78 valence electrons. The summed E-state index contributed by atoms with van der Waals surface area (Å²) in [6, 6.07) is 0. The van der Waals surface area contributed by atoms with Gasteiger partial charge in [-0.15, -0.1) is 11.6 Å². The molecule has 14 heavy (non-hydrogen) atoms. The Morgan fingerprint density at radius 2 is 2.43 bits per heavy atom. The van der Waals surface area contributed by atoms with Crippen molar-refractivity contribution < 1.29 is 9.32 Å². The molecule has 0 radical (unpaired) electrons. The number of rotatable bonds is 5. The first-order valence-electron chi connectivity index (χ1n) is 4.40. The van der Waals surface area contributed by atoms with Crippen LogP contribution in [0.15, 0.2) is 4.52 Å². The monoisotopic (exact) mass is 217 g/mol. The third-order valence-corrected chi connectivity index (χ3v) is 1.85. The molecule has 1 heterocycles. The maximum atomic E-state index is 10.8. The summed E-state index contributed by atoms with van der Waals surface area (Å²) in [7, 11) is 0. The van der Waals surface area contributed by atoms with E-state index in [9.17, 15) is 4.79 Å². The van der Waals surface area contributed by atoms with E-state index in [1.165, 1.54) is 0 Å². The molecule has 0 aromatic carbocycles. The van der Waals surface area contributed by atoms with Crippen molar-refractivity contribution in [3.63, 3.8) is 0 Å². The summed E-state index contributed by atoms with van der Waals surface area (Å²) in [5, 5.41) is 6.34. The highest BCUT2D eigenvalue weighted by molar-refractivity contribution is 6.27. The Balaban J connectivity index is 2.27. The standard InChI is InChI=1S/C8H12ClN3O2/c1-2-6-11-8(14-12-6)3-4-10-7(13)5-9/h2-5H2,1H3,(H,10,13). The van der Waals surface area contributed by atoms with Gasteiger partial charge in [0, 0.05) is 19.4 Å². The Morgan fingerprint density at radius 3 is 3.00 bits per heavy atom. The van der Waals surface area contributed by atoms with Crippen LogP contribution in [0.25, 0.3) is 0 Å². The van der Waals surface area contributed by atoms with Gasteiger partial charge in [0.15, 0.2) is 5.82 Å². The minimum Gasteiger partial charge on any atom is -0.355 e. The maximum Gasteiger partial charge on any atom is 0.234 e. The second-order valence-electron chi connectivity index (χ2n) is 2.69. The molecule has 0 aliphatic rings. The lowest BCUT2D eigenvalue weighted by Crippen LogP contribution is -2.26. The van der Waals surface area contributed by atoms with E-state index in [2.05, 4.69) is 15.5 Å². The number of aromatic nitrogens is 2. The number of hydrogen-bond acceptors (Lipinski definition) is 4. The number of amides is 1. The molecule has 0 unspecified atom stereocenters. The first kappa shape index (κ1) is 11.0. The van der Waals surface area contributed by atoms with E-state index in [4.69, 9.17) is 16.1 Å². The molecule has 0 saturated carbocycles. The zero-order valence-electron chi connectivity index (χ0n) is 7.92. The Bertz CT molecular complexity index is 301. The van der Waals surface area contributed by atoms with Crippen LogP contribution in [0.5, 0.6) is 0 Å². The van der Waals surface area contributed by atoms with Gasteiger partial charge in [-0.25, -0.2) is 0 Å². The number of alkyl halides is 1. The second-order valence-corrected chi connectivity index (χ2v) is 2.96. The first-order chi connectivity index (χ1) is 6.76. The van der Waals surface area contributed by atoms with Gasteiger partial charge < -0.3 is 9.84 Å². The van der Waals surface area contributed by atoms with E-state index >= 15 is 0 Å². The Hall–Kier alpha value is -1.10. The van der Waals surface area contributed by atoms with Gasteiger partial charge in [-0.1, -0.05) is 12.1 Å². The molecule has 5 nitrogen and oxygen atoms in total. The van der Waals surface area contributed by atoms with Gasteiger partial charge in [0.2, 0.25) is 11.8 Å². The summed E-state index contributed by atoms with van der Waals surface area (Å²) in [6.45, 7) is 2.42. The Labute approximate surface area is 86.8 Å². The number of carbonyl (C=O) groups is 1. The first-order valence-corrected chi connectivity index (χ1v) is 4.93. The molecule has 0 fully saturated rings. The minimum absolute atomic E-state index is 0.0238. The maximum absolute atomic E-state index is 10.8. The van der Waals surface area contributed by atoms with Crippen LogP contribution < -0.4 is 5.32 Å². The van der Waals surface area contributed by atoms with Gasteiger partial charge in [-0.3, -0.25) is 4.79 Å². The van der Waals surface area contributed by atoms with Crippen LogP contribution in [0.4, 0.5) is 0 Å². The predicted octanol–water partition coefficient (Wildman–Crippen LogP) is 0.529. The van der Waals surface area contributed by atoms with Gasteiger partial charge in [0.1, 0.15) is 5.88 Å². The summed E-state index contributed by atoms with van der Waals surface area (Å²) >= 11 is 5.30. The van der Waals surface area contributed by atoms with Crippen molar-refractivity contribution in [3.8, 4) is 0 Å². The van der Waals surface area contributed by atoms with Gasteiger partial charge in [-0.2, -0.15) is 4.98 Å². The Kier molecular flexibility index (Phi) is 4.39. The van der Waals surface area contributed by atoms with Crippen molar-refractivity contribution in [1.29, 1.82) is 0 Å². The summed E-state index contributed by atoms with van der Waals surface area (Å²) in [4.78, 5) is 14.8. The van der Waals surface area contributed by atoms with Crippen LogP contribution in [0.3, 0.4) is 0 Å². The fourth-order valence-corrected chi connectivity index (χ4v) is 0.986. The molecule has 0 aliphatic heterocycles. The van der Waals surface area contributed by atoms with Gasteiger partial charge in [0.05, 0.1) is 0 Å². The molecule has 1 aromatic heterocycles. The molecule has 6 heteroatoms. The molecule has 0 bridgehead atoms. The molecule has 1 N–H and O–H groups in total. The summed E-state index contributed by atoms with van der Waals surface area (Å²) in [5.41, 5.74) is 0. The summed E-state index contributed by atoms with van der Waals surface area (Å²) in [6.07, 6.45) is 1.28. The SMILES string of the molecule is CCc1noc(CCNC(=O)CCl)n1. The molecular weight excluding hydrogens is 206 g/mol. The fraction of sp³-hybridized carbons (Fsp3) is 0.625. The fourth-order valence-electron chi connectivity index (χ4n) is 0.891. The van der Waals surface area contributed by atoms with Crippen LogP contribution >= 0.6 is 11.6 Å². The number of nitrogens with one attached hydrogen (secondary N) is 1. The average molecular weight is 218 g/mol. The number of halogens is 1. The zero-order valence-corrected chi connectivity index (χ0v) is 8.67. The van der Waals surface area contributed by atoms with Gasteiger partial charge >= 0.3 is 0 Å². The van der Waals surface area contributed by atoms with E-state index in [-0.39, 0.29) is 11.8 Å². The number of carbonyl (C=O) groups excluding carboxylic acids is 1. The summed E-state index contributed by atoms with van der Waals surface area (Å²) in [5.74, 6) is 1.01. The third kappa shape index (κ3) is 3.33. The van der Waals surface area contributed by atoms with Crippen molar-refractivity contribution in [3.05, 3.63) is 11.7 Å². The molecule has 1 rings (SSSR count). The zero-order chi connectivity index (χ0) is 10.4. The molecule has 0 aliphatic carbocycles. The van der Waals surface area contributed by atoms with Crippen molar-refractivity contribution in [2.45, 2.75) is 19.8 Å². The smallest absolute Gasteiger partial charge is 0.234 e. The lowest BCUT2D eigenvalue weighted by molar-refractivity contribution is -0.118. The second kappa shape index (κ2) is 5.59. The van der Waals surface area contributed by atoms with Crippen molar-refractivity contribution in [2.75, 3.05) is 12.4 Å². The molecule has 0 spiro atoms. The third-order valence-electron chi connectivity index (χ3n) is 1.61. The molecule has 0 saturated heterocycles. The van der Waals surface area contributed by atoms with Crippen molar-refractivity contribution in [1.82, 2.24) is 15.5 Å². The summed E-state index contributed by atoms with van der Waals surface area (Å²) < 4.78 is 4.93. The van der Waals surface area contributed by atoms with E-state index in [1.54, 1.807) is 0 Å². The van der Waals surface area contributed by atoms with E-state index in [1.807, 2.05) is 6.92 Å². The molecule has 0 atom stereocenters. The quantitative estimate of drug-likeness (QED) is 0.731. The van der Waals surface area contributed by atoms with Crippen molar-refractivity contribution >= 4 is 17.5 Å². The Morgan fingerprint density at radius 1 is 1.64 bits per heavy atom. The largest absolute Gasteiger partial charge is 0.355 e. The van der Waals surface area contributed by atoms with Crippen LogP contribution in [0.1, 0.15) is 18.6 Å². The van der Waals surface area contributed by atoms with Gasteiger partial charge in [0.25, 0.3) is 0 Å². The van der Waals surface area contributed by atoms with Gasteiger partial charge in [-0.05, 0) is 0 Å². The molecule has 1 aromatic rings. The van der Waals surface area contributed by atoms with E-state index in [0.29, 0.717) is 24.7 Å². The lowest BCUT2D eigenvalue weighted by atomic mass is 10.4. The minimum atomic E-state index is -0.193. The highest BCUT2D eigenvalue weighted by Crippen LogP contribution is 1.97. The molecule has 1 amide bonds. The predicted molar refractivity (Wildman–Crippen MR) is 51.1 cm³/mol. The topological polar surface area (TPSA) is 68.0 Å². The van der Waals surface area contributed by atoms with Crippen LogP contribution in [-0.2, 0) is 17.6 Å². The number of hydrogen-bond donors (Lipinski definition) is 1. The van der Waals surface area contributed by atoms with Crippen LogP contribution in [0, 0.1) is 0 Å². The van der Waals surface area contributed by atoms with Crippen molar-refractivity contribution in [2.24, 2.45) is 0 Å². The highest BCUT2D eigenvalue weighted by Gasteiger charge is 2.04. The average Bonchev–Trinajstić information content (AvgIpc) is 2.65. The normalized spacial score (nSPS) is 10.1. The number of aryl methyl sites for hydroxylation is 1. The lowest BCUT2D eigenvalue weighted by Gasteiger charge is -1.98. The van der Waals surface area contributed by atoms with E-state index in [0.717, 1.165) is 6.42 Å². The highest BCUT2D eigenvalue weighted by atomic mass is 35.5. The van der Waals surface area contributed by atoms with Crippen LogP contribution in [-0.4, -0.2) is 28.5 Å².